The zero-order valence-electron chi connectivity index (χ0n) is 9.62. The Bertz CT molecular complexity index is 586. The first-order chi connectivity index (χ1) is 8.49. The van der Waals surface area contributed by atoms with Crippen molar-refractivity contribution in [3.8, 4) is 0 Å². The van der Waals surface area contributed by atoms with Crippen molar-refractivity contribution in [2.75, 3.05) is 0 Å². The van der Waals surface area contributed by atoms with E-state index in [0.717, 1.165) is 4.47 Å². The monoisotopic (exact) mass is 328 g/mol. The zero-order chi connectivity index (χ0) is 13.3. The van der Waals surface area contributed by atoms with Crippen LogP contribution in [0.2, 0.25) is 5.02 Å². The van der Waals surface area contributed by atoms with E-state index in [1.165, 1.54) is 6.07 Å². The highest BCUT2D eigenvalue weighted by atomic mass is 79.9. The average Bonchev–Trinajstić information content (AvgIpc) is 2.32. The maximum atomic E-state index is 13.2. The van der Waals surface area contributed by atoms with E-state index >= 15 is 0 Å². The van der Waals surface area contributed by atoms with Crippen molar-refractivity contribution in [3.05, 3.63) is 68.4 Å². The van der Waals surface area contributed by atoms with Crippen molar-refractivity contribution in [2.45, 2.75) is 13.0 Å². The predicted molar refractivity (Wildman–Crippen MR) is 74.4 cm³/mol. The fourth-order valence-electron chi connectivity index (χ4n) is 1.74. The van der Waals surface area contributed by atoms with Gasteiger partial charge in [-0.15, -0.1) is 0 Å². The van der Waals surface area contributed by atoms with Crippen LogP contribution in [0.5, 0.6) is 0 Å². The third-order valence-corrected chi connectivity index (χ3v) is 3.58. The van der Waals surface area contributed by atoms with Gasteiger partial charge in [-0.1, -0.05) is 45.7 Å². The lowest BCUT2D eigenvalue weighted by Gasteiger charge is -2.14. The van der Waals surface area contributed by atoms with Gasteiger partial charge in [-0.2, -0.15) is 0 Å². The summed E-state index contributed by atoms with van der Waals surface area (Å²) in [4.78, 5) is 0. The van der Waals surface area contributed by atoms with Gasteiger partial charge in [-0.3, -0.25) is 0 Å². The maximum Gasteiger partial charge on any atom is 0.126 e. The Morgan fingerprint density at radius 1 is 1.22 bits per heavy atom. The molecule has 2 aromatic rings. The van der Waals surface area contributed by atoms with E-state index in [1.54, 1.807) is 37.3 Å². The highest BCUT2D eigenvalue weighted by Gasteiger charge is 2.15. The molecule has 0 aliphatic carbocycles. The Kier molecular flexibility index (Phi) is 4.05. The average molecular weight is 330 g/mol. The summed E-state index contributed by atoms with van der Waals surface area (Å²) in [6.07, 6.45) is -0.857. The molecule has 0 bridgehead atoms. The van der Waals surface area contributed by atoms with Gasteiger partial charge < -0.3 is 5.11 Å². The molecule has 1 atom stereocenters. The van der Waals surface area contributed by atoms with E-state index in [2.05, 4.69) is 15.9 Å². The largest absolute Gasteiger partial charge is 0.384 e. The fourth-order valence-corrected chi connectivity index (χ4v) is 2.52. The summed E-state index contributed by atoms with van der Waals surface area (Å²) in [5.41, 5.74) is 1.73. The van der Waals surface area contributed by atoms with Gasteiger partial charge in [0.15, 0.2) is 0 Å². The second kappa shape index (κ2) is 5.39. The summed E-state index contributed by atoms with van der Waals surface area (Å²) in [5.74, 6) is -0.284. The summed E-state index contributed by atoms with van der Waals surface area (Å²) in [6, 6.07) is 9.80. The van der Waals surface area contributed by atoms with Crippen molar-refractivity contribution in [2.24, 2.45) is 0 Å². The molecule has 2 aromatic carbocycles. The smallest absolute Gasteiger partial charge is 0.126 e. The zero-order valence-corrected chi connectivity index (χ0v) is 12.0. The molecule has 2 rings (SSSR count). The first kappa shape index (κ1) is 13.5. The van der Waals surface area contributed by atoms with Crippen molar-refractivity contribution in [1.82, 2.24) is 0 Å². The highest BCUT2D eigenvalue weighted by molar-refractivity contribution is 9.10. The lowest BCUT2D eigenvalue weighted by molar-refractivity contribution is 0.220. The van der Waals surface area contributed by atoms with Gasteiger partial charge in [0.1, 0.15) is 11.9 Å². The van der Waals surface area contributed by atoms with E-state index in [4.69, 9.17) is 11.6 Å². The topological polar surface area (TPSA) is 20.2 Å². The molecule has 0 saturated carbocycles. The molecule has 0 aliphatic heterocycles. The molecule has 0 radical (unpaired) electrons. The second-order valence-electron chi connectivity index (χ2n) is 4.08. The Morgan fingerprint density at radius 2 is 1.94 bits per heavy atom. The number of aliphatic hydroxyl groups excluding tert-OH is 1. The van der Waals surface area contributed by atoms with Crippen LogP contribution in [0.4, 0.5) is 4.39 Å². The molecule has 94 valence electrons. The van der Waals surface area contributed by atoms with Crippen LogP contribution in [0.1, 0.15) is 22.8 Å². The van der Waals surface area contributed by atoms with Crippen LogP contribution in [0, 0.1) is 12.7 Å². The number of rotatable bonds is 2. The third kappa shape index (κ3) is 2.74. The SMILES string of the molecule is Cc1cc(C(O)c2ccc(Br)cc2Cl)ccc1F. The summed E-state index contributed by atoms with van der Waals surface area (Å²) in [7, 11) is 0. The maximum absolute atomic E-state index is 13.2. The number of hydrogen-bond donors (Lipinski definition) is 1. The van der Waals surface area contributed by atoms with Crippen LogP contribution in [0.3, 0.4) is 0 Å². The van der Waals surface area contributed by atoms with Gasteiger partial charge in [0.05, 0.1) is 0 Å². The van der Waals surface area contributed by atoms with Crippen LogP contribution in [-0.2, 0) is 0 Å². The standard InChI is InChI=1S/C14H11BrClFO/c1-8-6-9(2-5-13(8)17)14(18)11-4-3-10(15)7-12(11)16/h2-7,14,18H,1H3. The van der Waals surface area contributed by atoms with Gasteiger partial charge in [-0.25, -0.2) is 4.39 Å². The molecule has 1 N–H and O–H groups in total. The molecule has 4 heteroatoms. The third-order valence-electron chi connectivity index (χ3n) is 2.75. The normalized spacial score (nSPS) is 12.5. The Hall–Kier alpha value is -0.900. The molecule has 0 saturated heterocycles. The Morgan fingerprint density at radius 3 is 2.56 bits per heavy atom. The molecule has 0 fully saturated rings. The number of aryl methyl sites for hydroxylation is 1. The number of aliphatic hydroxyl groups is 1. The lowest BCUT2D eigenvalue weighted by Crippen LogP contribution is -2.01. The minimum Gasteiger partial charge on any atom is -0.384 e. The molecule has 1 unspecified atom stereocenters. The van der Waals surface area contributed by atoms with E-state index in [-0.39, 0.29) is 5.82 Å². The summed E-state index contributed by atoms with van der Waals surface area (Å²) >= 11 is 9.39. The molecule has 1 nitrogen and oxygen atoms in total. The predicted octanol–water partition coefficient (Wildman–Crippen LogP) is 4.63. The van der Waals surface area contributed by atoms with Crippen LogP contribution < -0.4 is 0 Å². The van der Waals surface area contributed by atoms with Crippen LogP contribution in [-0.4, -0.2) is 5.11 Å². The summed E-state index contributed by atoms with van der Waals surface area (Å²) in [6.45, 7) is 1.66. The Balaban J connectivity index is 2.41. The van der Waals surface area contributed by atoms with Gasteiger partial charge in [0, 0.05) is 15.1 Å². The minimum absolute atomic E-state index is 0.284. The van der Waals surface area contributed by atoms with Crippen molar-refractivity contribution in [3.63, 3.8) is 0 Å². The molecule has 0 heterocycles. The van der Waals surface area contributed by atoms with E-state index in [1.807, 2.05) is 0 Å². The molecule has 18 heavy (non-hydrogen) atoms. The van der Waals surface area contributed by atoms with Crippen molar-refractivity contribution < 1.29 is 9.50 Å². The highest BCUT2D eigenvalue weighted by Crippen LogP contribution is 2.31. The molecule has 0 aromatic heterocycles. The van der Waals surface area contributed by atoms with E-state index in [9.17, 15) is 9.50 Å². The Labute approximate surface area is 118 Å². The molecule has 0 aliphatic rings. The van der Waals surface area contributed by atoms with Gasteiger partial charge in [0.2, 0.25) is 0 Å². The number of benzene rings is 2. The van der Waals surface area contributed by atoms with Crippen molar-refractivity contribution >= 4 is 27.5 Å². The van der Waals surface area contributed by atoms with Crippen LogP contribution >= 0.6 is 27.5 Å². The fraction of sp³-hybridized carbons (Fsp3) is 0.143. The van der Waals surface area contributed by atoms with Gasteiger partial charge in [0.25, 0.3) is 0 Å². The van der Waals surface area contributed by atoms with Gasteiger partial charge >= 0.3 is 0 Å². The quantitative estimate of drug-likeness (QED) is 0.851. The number of hydrogen-bond acceptors (Lipinski definition) is 1. The first-order valence-electron chi connectivity index (χ1n) is 5.38. The molecule has 0 amide bonds. The summed E-state index contributed by atoms with van der Waals surface area (Å²) < 4.78 is 14.0. The first-order valence-corrected chi connectivity index (χ1v) is 6.55. The van der Waals surface area contributed by atoms with Crippen LogP contribution in [0.25, 0.3) is 0 Å². The molecule has 0 spiro atoms. The van der Waals surface area contributed by atoms with Gasteiger partial charge in [-0.05, 0) is 36.2 Å². The van der Waals surface area contributed by atoms with E-state index < -0.39 is 6.10 Å². The minimum atomic E-state index is -0.857. The van der Waals surface area contributed by atoms with Crippen LogP contribution in [0.15, 0.2) is 40.9 Å². The van der Waals surface area contributed by atoms with E-state index in [0.29, 0.717) is 21.7 Å². The summed E-state index contributed by atoms with van der Waals surface area (Å²) in [5, 5.41) is 10.7. The second-order valence-corrected chi connectivity index (χ2v) is 5.40. The van der Waals surface area contributed by atoms with Crippen molar-refractivity contribution in [1.29, 1.82) is 0 Å². The molecular weight excluding hydrogens is 319 g/mol. The lowest BCUT2D eigenvalue weighted by atomic mass is 10.00. The molecular formula is C14H11BrClFO. The number of halogens is 3.